The summed E-state index contributed by atoms with van der Waals surface area (Å²) in [5, 5.41) is 0.844. The number of halogens is 1. The molecule has 2 N–H and O–H groups in total. The van der Waals surface area contributed by atoms with Gasteiger partial charge in [-0.3, -0.25) is 4.90 Å². The fourth-order valence-electron chi connectivity index (χ4n) is 3.10. The first-order valence-corrected chi connectivity index (χ1v) is 7.63. The zero-order valence-electron chi connectivity index (χ0n) is 12.0. The Bertz CT molecular complexity index is 413. The van der Waals surface area contributed by atoms with E-state index in [1.807, 2.05) is 18.2 Å². The molecule has 0 aromatic heterocycles. The van der Waals surface area contributed by atoms with Gasteiger partial charge in [0.1, 0.15) is 0 Å². The molecule has 0 amide bonds. The van der Waals surface area contributed by atoms with E-state index >= 15 is 0 Å². The molecule has 1 aromatic rings. The molecule has 2 nitrogen and oxygen atoms in total. The van der Waals surface area contributed by atoms with E-state index in [1.165, 1.54) is 24.8 Å². The van der Waals surface area contributed by atoms with Crippen molar-refractivity contribution in [1.29, 1.82) is 0 Å². The summed E-state index contributed by atoms with van der Waals surface area (Å²) in [7, 11) is 2.15. The molecule has 19 heavy (non-hydrogen) atoms. The van der Waals surface area contributed by atoms with Gasteiger partial charge in [0.05, 0.1) is 0 Å². The lowest BCUT2D eigenvalue weighted by Gasteiger charge is -2.39. The molecule has 1 aliphatic rings. The number of hydrogen-bond acceptors (Lipinski definition) is 2. The lowest BCUT2D eigenvalue weighted by atomic mass is 9.82. The fraction of sp³-hybridized carbons (Fsp3) is 0.625. The molecular weight excluding hydrogens is 256 g/mol. The molecule has 1 aromatic carbocycles. The predicted octanol–water partition coefficient (Wildman–Crippen LogP) is 3.99. The van der Waals surface area contributed by atoms with Gasteiger partial charge in [0.15, 0.2) is 0 Å². The van der Waals surface area contributed by atoms with Crippen molar-refractivity contribution in [2.45, 2.75) is 50.6 Å². The van der Waals surface area contributed by atoms with Gasteiger partial charge in [0, 0.05) is 23.1 Å². The molecule has 1 unspecified atom stereocenters. The van der Waals surface area contributed by atoms with E-state index in [-0.39, 0.29) is 5.54 Å². The van der Waals surface area contributed by atoms with Gasteiger partial charge in [-0.05, 0) is 38.4 Å². The Kier molecular flexibility index (Phi) is 4.88. The average molecular weight is 281 g/mol. The Morgan fingerprint density at radius 2 is 1.89 bits per heavy atom. The summed E-state index contributed by atoms with van der Waals surface area (Å²) in [6.45, 7) is 3.15. The van der Waals surface area contributed by atoms with Crippen molar-refractivity contribution >= 4 is 11.6 Å². The summed E-state index contributed by atoms with van der Waals surface area (Å²) >= 11 is 6.28. The third-order valence-electron chi connectivity index (χ3n) is 4.43. The van der Waals surface area contributed by atoms with E-state index < -0.39 is 0 Å². The van der Waals surface area contributed by atoms with E-state index in [4.69, 9.17) is 17.3 Å². The quantitative estimate of drug-likeness (QED) is 0.903. The topological polar surface area (TPSA) is 29.3 Å². The van der Waals surface area contributed by atoms with Crippen molar-refractivity contribution in [1.82, 2.24) is 4.90 Å². The summed E-state index contributed by atoms with van der Waals surface area (Å²) in [6.07, 6.45) is 6.16. The number of nitrogens with zero attached hydrogens (tertiary/aromatic N) is 1. The molecule has 0 heterocycles. The second kappa shape index (κ2) is 6.25. The number of likely N-dealkylation sites (N-methyl/N-ethyl adjacent to an activating group) is 1. The fourth-order valence-corrected chi connectivity index (χ4v) is 3.39. The second-order valence-electron chi connectivity index (χ2n) is 6.04. The third kappa shape index (κ3) is 3.71. The van der Waals surface area contributed by atoms with Crippen LogP contribution in [0.3, 0.4) is 0 Å². The maximum Gasteiger partial charge on any atom is 0.0453 e. The van der Waals surface area contributed by atoms with Crippen LogP contribution in [-0.4, -0.2) is 24.0 Å². The monoisotopic (exact) mass is 280 g/mol. The SMILES string of the molecule is CC(c1ccccc1Cl)N(C)CC1(N)CCCCC1. The van der Waals surface area contributed by atoms with Crippen LogP contribution in [0.1, 0.15) is 50.6 Å². The lowest BCUT2D eigenvalue weighted by Crippen LogP contribution is -2.50. The Hall–Kier alpha value is -0.570. The molecule has 1 fully saturated rings. The summed E-state index contributed by atoms with van der Waals surface area (Å²) in [5.74, 6) is 0. The van der Waals surface area contributed by atoms with Gasteiger partial charge in [-0.25, -0.2) is 0 Å². The van der Waals surface area contributed by atoms with Crippen LogP contribution in [0.5, 0.6) is 0 Å². The molecule has 1 aliphatic carbocycles. The molecule has 0 radical (unpaired) electrons. The van der Waals surface area contributed by atoms with Gasteiger partial charge < -0.3 is 5.73 Å². The van der Waals surface area contributed by atoms with Gasteiger partial charge in [0.25, 0.3) is 0 Å². The van der Waals surface area contributed by atoms with Crippen LogP contribution < -0.4 is 5.73 Å². The Morgan fingerprint density at radius 3 is 2.53 bits per heavy atom. The average Bonchev–Trinajstić information content (AvgIpc) is 2.39. The van der Waals surface area contributed by atoms with E-state index in [9.17, 15) is 0 Å². The first kappa shape index (κ1) is 14.8. The third-order valence-corrected chi connectivity index (χ3v) is 4.77. The van der Waals surface area contributed by atoms with Crippen LogP contribution in [0.25, 0.3) is 0 Å². The molecule has 1 saturated carbocycles. The second-order valence-corrected chi connectivity index (χ2v) is 6.44. The van der Waals surface area contributed by atoms with Crippen molar-refractivity contribution in [3.8, 4) is 0 Å². The molecule has 3 heteroatoms. The summed E-state index contributed by atoms with van der Waals surface area (Å²) in [5.41, 5.74) is 7.71. The maximum absolute atomic E-state index is 6.54. The van der Waals surface area contributed by atoms with Gasteiger partial charge in [-0.15, -0.1) is 0 Å². The van der Waals surface area contributed by atoms with E-state index in [0.29, 0.717) is 6.04 Å². The smallest absolute Gasteiger partial charge is 0.0453 e. The first-order chi connectivity index (χ1) is 9.02. The van der Waals surface area contributed by atoms with Gasteiger partial charge in [-0.2, -0.15) is 0 Å². The van der Waals surface area contributed by atoms with Gasteiger partial charge in [-0.1, -0.05) is 49.1 Å². The largest absolute Gasteiger partial charge is 0.324 e. The van der Waals surface area contributed by atoms with Crippen molar-refractivity contribution in [3.05, 3.63) is 34.9 Å². The van der Waals surface area contributed by atoms with Gasteiger partial charge in [0.2, 0.25) is 0 Å². The Labute approximate surface area is 121 Å². The molecule has 2 rings (SSSR count). The molecule has 106 valence electrons. The van der Waals surface area contributed by atoms with Crippen LogP contribution in [0.2, 0.25) is 5.02 Å². The highest BCUT2D eigenvalue weighted by atomic mass is 35.5. The van der Waals surface area contributed by atoms with Gasteiger partial charge >= 0.3 is 0 Å². The molecule has 1 atom stereocenters. The number of nitrogens with two attached hydrogens (primary N) is 1. The molecule has 0 spiro atoms. The van der Waals surface area contributed by atoms with Crippen LogP contribution >= 0.6 is 11.6 Å². The molecule has 0 saturated heterocycles. The predicted molar refractivity (Wildman–Crippen MR) is 82.5 cm³/mol. The zero-order chi connectivity index (χ0) is 13.9. The normalized spacial score (nSPS) is 20.5. The number of rotatable bonds is 4. The lowest BCUT2D eigenvalue weighted by molar-refractivity contribution is 0.165. The highest BCUT2D eigenvalue weighted by molar-refractivity contribution is 6.31. The van der Waals surface area contributed by atoms with E-state index in [0.717, 1.165) is 24.4 Å². The standard InChI is InChI=1S/C16H25ClN2/c1-13(14-8-4-5-9-15(14)17)19(2)12-16(18)10-6-3-7-11-16/h4-5,8-9,13H,3,6-7,10-12,18H2,1-2H3. The Morgan fingerprint density at radius 1 is 1.26 bits per heavy atom. The minimum atomic E-state index is -0.0114. The van der Waals surface area contributed by atoms with Crippen LogP contribution in [0.15, 0.2) is 24.3 Å². The van der Waals surface area contributed by atoms with E-state index in [2.05, 4.69) is 24.9 Å². The Balaban J connectivity index is 2.03. The highest BCUT2D eigenvalue weighted by Gasteiger charge is 2.30. The van der Waals surface area contributed by atoms with Crippen molar-refractivity contribution in [2.24, 2.45) is 5.73 Å². The van der Waals surface area contributed by atoms with Crippen molar-refractivity contribution in [3.63, 3.8) is 0 Å². The maximum atomic E-state index is 6.54. The number of benzene rings is 1. The van der Waals surface area contributed by atoms with Crippen LogP contribution in [0, 0.1) is 0 Å². The number of hydrogen-bond donors (Lipinski definition) is 1. The van der Waals surface area contributed by atoms with E-state index in [1.54, 1.807) is 0 Å². The minimum absolute atomic E-state index is 0.0114. The molecular formula is C16H25ClN2. The summed E-state index contributed by atoms with van der Waals surface area (Å²) < 4.78 is 0. The van der Waals surface area contributed by atoms with Crippen LogP contribution in [-0.2, 0) is 0 Å². The first-order valence-electron chi connectivity index (χ1n) is 7.25. The van der Waals surface area contributed by atoms with Crippen molar-refractivity contribution in [2.75, 3.05) is 13.6 Å². The summed E-state index contributed by atoms with van der Waals surface area (Å²) in [4.78, 5) is 2.34. The highest BCUT2D eigenvalue weighted by Crippen LogP contribution is 2.31. The molecule has 0 aliphatic heterocycles. The molecule has 0 bridgehead atoms. The zero-order valence-corrected chi connectivity index (χ0v) is 12.8. The van der Waals surface area contributed by atoms with Crippen molar-refractivity contribution < 1.29 is 0 Å². The van der Waals surface area contributed by atoms with Crippen LogP contribution in [0.4, 0.5) is 0 Å². The summed E-state index contributed by atoms with van der Waals surface area (Å²) in [6, 6.07) is 8.39. The minimum Gasteiger partial charge on any atom is -0.324 e.